The maximum Gasteiger partial charge on any atom is 0.311 e. The Balaban J connectivity index is 1.92. The van der Waals surface area contributed by atoms with E-state index >= 15 is 0 Å². The Hall–Kier alpha value is -1.80. The molecule has 2 amide bonds. The van der Waals surface area contributed by atoms with Gasteiger partial charge in [-0.15, -0.1) is 24.9 Å². The minimum atomic E-state index is -0.707. The van der Waals surface area contributed by atoms with Crippen molar-refractivity contribution in [3.63, 3.8) is 0 Å². The lowest BCUT2D eigenvalue weighted by atomic mass is 9.66. The lowest BCUT2D eigenvalue weighted by Crippen LogP contribution is -2.56. The molecule has 3 aliphatic rings. The lowest BCUT2D eigenvalue weighted by Gasteiger charge is -2.38. The number of rotatable bonds is 12. The van der Waals surface area contributed by atoms with Gasteiger partial charge in [0.1, 0.15) is 6.04 Å². The van der Waals surface area contributed by atoms with Crippen LogP contribution in [0.2, 0.25) is 0 Å². The average Bonchev–Trinajstić information content (AvgIpc) is 3.32. The maximum absolute atomic E-state index is 13.9. The van der Waals surface area contributed by atoms with Crippen LogP contribution < -0.4 is 0 Å². The molecule has 0 aromatic heterocycles. The minimum Gasteiger partial charge on any atom is -0.465 e. The van der Waals surface area contributed by atoms with Crippen molar-refractivity contribution in [2.75, 3.05) is 26.3 Å². The van der Waals surface area contributed by atoms with Crippen LogP contribution in [0.4, 0.5) is 0 Å². The molecule has 3 heterocycles. The van der Waals surface area contributed by atoms with Gasteiger partial charge in [0.05, 0.1) is 29.8 Å². The Morgan fingerprint density at radius 3 is 2.64 bits per heavy atom. The van der Waals surface area contributed by atoms with Gasteiger partial charge in [-0.1, -0.05) is 12.2 Å². The summed E-state index contributed by atoms with van der Waals surface area (Å²) in [5.41, 5.74) is 0. The number of aliphatic hydroxyl groups excluding tert-OH is 1. The van der Waals surface area contributed by atoms with Crippen LogP contribution in [0.3, 0.4) is 0 Å². The first-order chi connectivity index (χ1) is 15.7. The van der Waals surface area contributed by atoms with Gasteiger partial charge in [-0.05, 0) is 52.9 Å². The number of carbonyl (C=O) groups excluding carboxylic acids is 3. The summed E-state index contributed by atoms with van der Waals surface area (Å²) < 4.78 is 4.52. The summed E-state index contributed by atoms with van der Waals surface area (Å²) in [4.78, 5) is 44.1. The van der Waals surface area contributed by atoms with E-state index in [1.165, 1.54) is 4.90 Å². The van der Waals surface area contributed by atoms with Gasteiger partial charge in [0.2, 0.25) is 11.8 Å². The molecule has 33 heavy (non-hydrogen) atoms. The highest BCUT2D eigenvalue weighted by Gasteiger charge is 2.77. The predicted octanol–water partition coefficient (Wildman–Crippen LogP) is 2.78. The number of fused-ring (bicyclic) bond motifs is 1. The molecule has 3 rings (SSSR count). The van der Waals surface area contributed by atoms with E-state index < -0.39 is 27.4 Å². The van der Waals surface area contributed by atoms with Gasteiger partial charge in [-0.3, -0.25) is 14.4 Å². The summed E-state index contributed by atoms with van der Waals surface area (Å²) in [5.74, 6) is -1.89. The van der Waals surface area contributed by atoms with Crippen LogP contribution in [0.15, 0.2) is 25.3 Å². The van der Waals surface area contributed by atoms with Gasteiger partial charge in [0.15, 0.2) is 0 Å². The molecule has 3 fully saturated rings. The molecule has 0 radical (unpaired) electrons. The van der Waals surface area contributed by atoms with Gasteiger partial charge in [-0.25, -0.2) is 0 Å². The number of β-amino-alcohol motifs (C(OH)–C–C–N with tert-alkyl or cyclic N) is 1. The molecule has 184 valence electrons. The molecule has 5 atom stereocenters. The summed E-state index contributed by atoms with van der Waals surface area (Å²) in [6, 6.07) is -0.769. The van der Waals surface area contributed by atoms with Crippen molar-refractivity contribution in [1.82, 2.24) is 9.80 Å². The number of carbonyl (C=O) groups is 3. The van der Waals surface area contributed by atoms with Crippen LogP contribution in [0.1, 0.15) is 52.9 Å². The fourth-order valence-electron chi connectivity index (χ4n) is 5.92. The second-order valence-corrected chi connectivity index (χ2v) is 11.7. The first-order valence-corrected chi connectivity index (χ1v) is 12.8. The number of likely N-dealkylation sites (tertiary alicyclic amines) is 1. The van der Waals surface area contributed by atoms with Gasteiger partial charge in [0, 0.05) is 23.9 Å². The van der Waals surface area contributed by atoms with Crippen LogP contribution in [0, 0.1) is 11.8 Å². The Morgan fingerprint density at radius 1 is 1.30 bits per heavy atom. The molecule has 1 N–H and O–H groups in total. The van der Waals surface area contributed by atoms with Gasteiger partial charge >= 0.3 is 5.97 Å². The minimum absolute atomic E-state index is 0.0625. The SMILES string of the molecule is C=CCCCCOC(=O)[C@H]1[C@H]2C(=O)N(CCO)C(C(=O)N(CC=C)C(C)C)C23CC[C@]1(C)S3. The van der Waals surface area contributed by atoms with Crippen molar-refractivity contribution in [3.8, 4) is 0 Å². The highest BCUT2D eigenvalue weighted by Crippen LogP contribution is 2.71. The highest BCUT2D eigenvalue weighted by atomic mass is 32.2. The number of unbranched alkanes of at least 4 members (excludes halogenated alkanes) is 2. The number of thioether (sulfide) groups is 1. The summed E-state index contributed by atoms with van der Waals surface area (Å²) >= 11 is 1.62. The lowest BCUT2D eigenvalue weighted by molar-refractivity contribution is -0.155. The van der Waals surface area contributed by atoms with E-state index in [0.717, 1.165) is 25.7 Å². The predicted molar refractivity (Wildman–Crippen MR) is 130 cm³/mol. The van der Waals surface area contributed by atoms with Gasteiger partial charge in [-0.2, -0.15) is 0 Å². The second-order valence-electron chi connectivity index (χ2n) is 9.81. The summed E-state index contributed by atoms with van der Waals surface area (Å²) in [6.45, 7) is 13.9. The van der Waals surface area contributed by atoms with Crippen LogP contribution in [0.25, 0.3) is 0 Å². The first-order valence-electron chi connectivity index (χ1n) is 12.0. The number of hydrogen-bond acceptors (Lipinski definition) is 6. The average molecular weight is 479 g/mol. The second kappa shape index (κ2) is 10.2. The van der Waals surface area contributed by atoms with Crippen LogP contribution >= 0.6 is 11.8 Å². The first kappa shape index (κ1) is 25.8. The zero-order valence-electron chi connectivity index (χ0n) is 20.1. The summed E-state index contributed by atoms with van der Waals surface area (Å²) in [6.07, 6.45) is 7.48. The van der Waals surface area contributed by atoms with Crippen molar-refractivity contribution in [2.45, 2.75) is 74.5 Å². The van der Waals surface area contributed by atoms with Crippen molar-refractivity contribution in [1.29, 1.82) is 0 Å². The van der Waals surface area contributed by atoms with E-state index in [1.54, 1.807) is 22.7 Å². The number of ether oxygens (including phenoxy) is 1. The maximum atomic E-state index is 13.9. The molecule has 1 spiro atoms. The van der Waals surface area contributed by atoms with Crippen molar-refractivity contribution in [3.05, 3.63) is 25.3 Å². The number of allylic oxidation sites excluding steroid dienone is 1. The van der Waals surface area contributed by atoms with Crippen LogP contribution in [-0.4, -0.2) is 80.6 Å². The Labute approximate surface area is 201 Å². The third-order valence-corrected chi connectivity index (χ3v) is 9.37. The fraction of sp³-hybridized carbons (Fsp3) is 0.720. The number of aliphatic hydroxyl groups is 1. The molecule has 0 aromatic rings. The quantitative estimate of drug-likeness (QED) is 0.264. The molecule has 2 bridgehead atoms. The van der Waals surface area contributed by atoms with E-state index in [4.69, 9.17) is 4.74 Å². The fourth-order valence-corrected chi connectivity index (χ4v) is 8.25. The van der Waals surface area contributed by atoms with Crippen LogP contribution in [0.5, 0.6) is 0 Å². The van der Waals surface area contributed by atoms with E-state index in [1.807, 2.05) is 26.8 Å². The Morgan fingerprint density at radius 2 is 2.03 bits per heavy atom. The molecule has 0 aliphatic carbocycles. The van der Waals surface area contributed by atoms with E-state index in [9.17, 15) is 19.5 Å². The molecule has 0 aromatic carbocycles. The summed E-state index contributed by atoms with van der Waals surface area (Å²) in [7, 11) is 0. The molecule has 8 heteroatoms. The molecular formula is C25H38N2O5S. The molecule has 7 nitrogen and oxygen atoms in total. The number of hydrogen-bond donors (Lipinski definition) is 1. The number of nitrogens with zero attached hydrogens (tertiary/aromatic N) is 2. The molecular weight excluding hydrogens is 440 g/mol. The standard InChI is InChI=1S/C25H38N2O5S/c1-6-8-9-10-16-32-23(31)19-18-21(29)27(14-15-28)20(22(30)26(13-7-2)17(3)4)25(18)12-11-24(19,5)33-25/h6-7,17-20,28H,1-2,8-16H2,3-5H3/t18-,19+,20?,24-,25?/m0/s1. The monoisotopic (exact) mass is 478 g/mol. The molecule has 2 unspecified atom stereocenters. The number of esters is 1. The van der Waals surface area contributed by atoms with Crippen molar-refractivity contribution in [2.24, 2.45) is 11.8 Å². The topological polar surface area (TPSA) is 87.1 Å². The third-order valence-electron chi connectivity index (χ3n) is 7.38. The van der Waals surface area contributed by atoms with E-state index in [-0.39, 0.29) is 37.0 Å². The summed E-state index contributed by atoms with van der Waals surface area (Å²) in [5, 5.41) is 9.70. The Kier molecular flexibility index (Phi) is 7.99. The molecule has 0 saturated carbocycles. The highest BCUT2D eigenvalue weighted by molar-refractivity contribution is 8.02. The number of amides is 2. The smallest absolute Gasteiger partial charge is 0.311 e. The molecule has 3 aliphatic heterocycles. The largest absolute Gasteiger partial charge is 0.465 e. The van der Waals surface area contributed by atoms with E-state index in [0.29, 0.717) is 19.6 Å². The van der Waals surface area contributed by atoms with E-state index in [2.05, 4.69) is 13.2 Å². The van der Waals surface area contributed by atoms with Gasteiger partial charge in [0.25, 0.3) is 0 Å². The van der Waals surface area contributed by atoms with Gasteiger partial charge < -0.3 is 19.6 Å². The third kappa shape index (κ3) is 4.36. The zero-order chi connectivity index (χ0) is 24.4. The van der Waals surface area contributed by atoms with Crippen molar-refractivity contribution >= 4 is 29.5 Å². The van der Waals surface area contributed by atoms with Crippen LogP contribution in [-0.2, 0) is 19.1 Å². The molecule has 3 saturated heterocycles. The normalized spacial score (nSPS) is 32.2. The van der Waals surface area contributed by atoms with Crippen molar-refractivity contribution < 1.29 is 24.2 Å². The zero-order valence-corrected chi connectivity index (χ0v) is 20.9. The Bertz CT molecular complexity index is 802.